The number of thiol groups is 1. The van der Waals surface area contributed by atoms with Gasteiger partial charge in [0.25, 0.3) is 0 Å². The monoisotopic (exact) mass is 317 g/mol. The SMILES string of the molecule is CSC1CC(OCC(C)N2CC(C(C)C)C2)(C(C)S)C1. The molecule has 20 heavy (non-hydrogen) atoms. The van der Waals surface area contributed by atoms with Gasteiger partial charge in [0.1, 0.15) is 0 Å². The summed E-state index contributed by atoms with van der Waals surface area (Å²) in [4.78, 5) is 2.56. The van der Waals surface area contributed by atoms with Crippen molar-refractivity contribution >= 4 is 24.4 Å². The zero-order valence-electron chi connectivity index (χ0n) is 13.6. The highest BCUT2D eigenvalue weighted by Gasteiger charge is 2.48. The molecule has 0 radical (unpaired) electrons. The maximum Gasteiger partial charge on any atom is 0.0817 e. The molecule has 0 aromatic rings. The molecule has 0 amide bonds. The number of rotatable bonds is 7. The summed E-state index contributed by atoms with van der Waals surface area (Å²) in [5.74, 6) is 1.71. The molecule has 1 heterocycles. The average molecular weight is 318 g/mol. The van der Waals surface area contributed by atoms with Crippen molar-refractivity contribution in [2.45, 2.75) is 62.7 Å². The number of thioether (sulfide) groups is 1. The molecule has 118 valence electrons. The van der Waals surface area contributed by atoms with E-state index in [4.69, 9.17) is 4.74 Å². The summed E-state index contributed by atoms with van der Waals surface area (Å²) in [6.45, 7) is 12.5. The quantitative estimate of drug-likeness (QED) is 0.721. The van der Waals surface area contributed by atoms with Crippen LogP contribution in [0.4, 0.5) is 0 Å². The first-order valence-electron chi connectivity index (χ1n) is 7.97. The third kappa shape index (κ3) is 3.50. The molecule has 2 aliphatic rings. The van der Waals surface area contributed by atoms with Crippen molar-refractivity contribution < 1.29 is 4.74 Å². The number of hydrogen-bond donors (Lipinski definition) is 1. The fourth-order valence-corrected chi connectivity index (χ4v) is 4.36. The van der Waals surface area contributed by atoms with Crippen LogP contribution in [0.15, 0.2) is 0 Å². The van der Waals surface area contributed by atoms with Crippen molar-refractivity contribution in [2.24, 2.45) is 11.8 Å². The minimum Gasteiger partial charge on any atom is -0.372 e. The van der Waals surface area contributed by atoms with E-state index in [0.29, 0.717) is 11.3 Å². The number of hydrogen-bond acceptors (Lipinski definition) is 4. The summed E-state index contributed by atoms with van der Waals surface area (Å²) in [6, 6.07) is 0.544. The Bertz CT molecular complexity index is 310. The van der Waals surface area contributed by atoms with Crippen LogP contribution in [0.25, 0.3) is 0 Å². The average Bonchev–Trinajstić information content (AvgIpc) is 2.24. The fraction of sp³-hybridized carbons (Fsp3) is 1.00. The topological polar surface area (TPSA) is 12.5 Å². The minimum absolute atomic E-state index is 0.0351. The molecule has 2 atom stereocenters. The van der Waals surface area contributed by atoms with Gasteiger partial charge in [-0.05, 0) is 37.9 Å². The van der Waals surface area contributed by atoms with Crippen LogP contribution in [0.5, 0.6) is 0 Å². The molecule has 4 heteroatoms. The molecular weight excluding hydrogens is 286 g/mol. The number of likely N-dealkylation sites (tertiary alicyclic amines) is 1. The van der Waals surface area contributed by atoms with E-state index in [1.54, 1.807) is 0 Å². The Morgan fingerprint density at radius 3 is 2.30 bits per heavy atom. The zero-order valence-corrected chi connectivity index (χ0v) is 15.3. The van der Waals surface area contributed by atoms with Gasteiger partial charge in [-0.25, -0.2) is 0 Å². The maximum atomic E-state index is 6.34. The second-order valence-corrected chi connectivity index (χ2v) is 9.04. The lowest BCUT2D eigenvalue weighted by molar-refractivity contribution is -0.118. The van der Waals surface area contributed by atoms with Gasteiger partial charge in [-0.2, -0.15) is 24.4 Å². The highest BCUT2D eigenvalue weighted by atomic mass is 32.2. The Kier molecular flexibility index (Phi) is 5.78. The molecule has 0 aromatic carbocycles. The molecule has 0 spiro atoms. The molecule has 2 fully saturated rings. The molecule has 0 bridgehead atoms. The Morgan fingerprint density at radius 2 is 1.85 bits per heavy atom. The highest BCUT2D eigenvalue weighted by Crippen LogP contribution is 2.46. The summed E-state index contributed by atoms with van der Waals surface area (Å²) in [6.07, 6.45) is 4.53. The third-order valence-corrected chi connectivity index (χ3v) is 6.83. The second-order valence-electron chi connectivity index (χ2n) is 7.12. The van der Waals surface area contributed by atoms with Crippen molar-refractivity contribution in [3.63, 3.8) is 0 Å². The zero-order chi connectivity index (χ0) is 14.9. The van der Waals surface area contributed by atoms with E-state index < -0.39 is 0 Å². The van der Waals surface area contributed by atoms with E-state index in [1.807, 2.05) is 11.8 Å². The summed E-state index contributed by atoms with van der Waals surface area (Å²) in [5, 5.41) is 1.10. The Labute approximate surface area is 134 Å². The van der Waals surface area contributed by atoms with E-state index >= 15 is 0 Å². The van der Waals surface area contributed by atoms with E-state index in [1.165, 1.54) is 25.9 Å². The van der Waals surface area contributed by atoms with Gasteiger partial charge in [-0.1, -0.05) is 20.8 Å². The van der Waals surface area contributed by atoms with Gasteiger partial charge in [0, 0.05) is 29.6 Å². The van der Waals surface area contributed by atoms with Gasteiger partial charge in [0.05, 0.1) is 12.2 Å². The predicted octanol–water partition coefficient (Wildman–Crippen LogP) is 3.56. The second kappa shape index (κ2) is 6.80. The lowest BCUT2D eigenvalue weighted by Gasteiger charge is -2.51. The van der Waals surface area contributed by atoms with Crippen LogP contribution in [0.2, 0.25) is 0 Å². The van der Waals surface area contributed by atoms with Gasteiger partial charge >= 0.3 is 0 Å². The molecule has 1 saturated heterocycles. The number of ether oxygens (including phenoxy) is 1. The van der Waals surface area contributed by atoms with E-state index in [-0.39, 0.29) is 5.60 Å². The summed E-state index contributed by atoms with van der Waals surface area (Å²) in [7, 11) is 0. The fourth-order valence-electron chi connectivity index (χ4n) is 3.18. The van der Waals surface area contributed by atoms with Crippen LogP contribution < -0.4 is 0 Å². The molecule has 2 unspecified atom stereocenters. The van der Waals surface area contributed by atoms with Crippen LogP contribution >= 0.6 is 24.4 Å². The van der Waals surface area contributed by atoms with Crippen molar-refractivity contribution in [1.29, 1.82) is 0 Å². The van der Waals surface area contributed by atoms with Crippen molar-refractivity contribution in [1.82, 2.24) is 4.90 Å². The Morgan fingerprint density at radius 1 is 1.25 bits per heavy atom. The lowest BCUT2D eigenvalue weighted by atomic mass is 9.77. The Balaban J connectivity index is 1.74. The largest absolute Gasteiger partial charge is 0.372 e. The van der Waals surface area contributed by atoms with Gasteiger partial charge in [0.2, 0.25) is 0 Å². The first kappa shape index (κ1) is 17.0. The minimum atomic E-state index is 0.0351. The summed E-state index contributed by atoms with van der Waals surface area (Å²) in [5.41, 5.74) is 0.0351. The van der Waals surface area contributed by atoms with Gasteiger partial charge < -0.3 is 4.74 Å². The van der Waals surface area contributed by atoms with Gasteiger partial charge in [-0.3, -0.25) is 4.90 Å². The summed E-state index contributed by atoms with van der Waals surface area (Å²) < 4.78 is 6.34. The summed E-state index contributed by atoms with van der Waals surface area (Å²) >= 11 is 6.64. The molecule has 2 rings (SSSR count). The standard InChI is InChI=1S/C16H31NOS2/c1-11(2)14-8-17(9-14)12(3)10-18-16(13(4)19)6-15(7-16)20-5/h11-15,19H,6-10H2,1-5H3. The van der Waals surface area contributed by atoms with E-state index in [2.05, 4.69) is 51.5 Å². The highest BCUT2D eigenvalue weighted by molar-refractivity contribution is 7.99. The molecule has 1 aliphatic heterocycles. The molecule has 0 N–H and O–H groups in total. The smallest absolute Gasteiger partial charge is 0.0817 e. The van der Waals surface area contributed by atoms with Crippen molar-refractivity contribution in [3.05, 3.63) is 0 Å². The molecule has 0 aromatic heterocycles. The normalized spacial score (nSPS) is 34.6. The van der Waals surface area contributed by atoms with E-state index in [0.717, 1.165) is 23.7 Å². The first-order chi connectivity index (χ1) is 9.38. The lowest BCUT2D eigenvalue weighted by Crippen LogP contribution is -2.58. The Hall–Kier alpha value is 0.620. The van der Waals surface area contributed by atoms with Crippen LogP contribution in [0, 0.1) is 11.8 Å². The van der Waals surface area contributed by atoms with Crippen molar-refractivity contribution in [2.75, 3.05) is 26.0 Å². The van der Waals surface area contributed by atoms with Crippen LogP contribution in [-0.4, -0.2) is 53.0 Å². The predicted molar refractivity (Wildman–Crippen MR) is 93.0 cm³/mol. The van der Waals surface area contributed by atoms with Crippen LogP contribution in [0.1, 0.15) is 40.5 Å². The maximum absolute atomic E-state index is 6.34. The number of nitrogens with zero attached hydrogens (tertiary/aromatic N) is 1. The molecule has 1 saturated carbocycles. The van der Waals surface area contributed by atoms with E-state index in [9.17, 15) is 0 Å². The van der Waals surface area contributed by atoms with Crippen LogP contribution in [0.3, 0.4) is 0 Å². The first-order valence-corrected chi connectivity index (χ1v) is 9.77. The molecule has 2 nitrogen and oxygen atoms in total. The third-order valence-electron chi connectivity index (χ3n) is 5.36. The van der Waals surface area contributed by atoms with Gasteiger partial charge in [-0.15, -0.1) is 0 Å². The molecule has 1 aliphatic carbocycles. The van der Waals surface area contributed by atoms with Crippen LogP contribution in [-0.2, 0) is 4.74 Å². The molecular formula is C16H31NOS2. The van der Waals surface area contributed by atoms with Gasteiger partial charge in [0.15, 0.2) is 0 Å². The van der Waals surface area contributed by atoms with Crippen molar-refractivity contribution in [3.8, 4) is 0 Å².